The van der Waals surface area contributed by atoms with Crippen LogP contribution >= 0.6 is 11.6 Å². The Morgan fingerprint density at radius 3 is 2.61 bits per heavy atom. The fourth-order valence-electron chi connectivity index (χ4n) is 3.84. The molecule has 2 amide bonds. The molecular formula is C24H24ClN7O4. The van der Waals surface area contributed by atoms with Crippen molar-refractivity contribution in [3.63, 3.8) is 0 Å². The summed E-state index contributed by atoms with van der Waals surface area (Å²) in [6.07, 6.45) is 4.42. The molecule has 0 unspecified atom stereocenters. The minimum absolute atomic E-state index is 0.0756. The van der Waals surface area contributed by atoms with Crippen molar-refractivity contribution in [1.29, 1.82) is 0 Å². The lowest BCUT2D eigenvalue weighted by atomic mass is 9.99. The molecule has 0 saturated heterocycles. The second-order valence-corrected chi connectivity index (χ2v) is 8.96. The van der Waals surface area contributed by atoms with Gasteiger partial charge in [0.2, 0.25) is 5.91 Å². The van der Waals surface area contributed by atoms with E-state index in [1.54, 1.807) is 37.2 Å². The number of benzene rings is 1. The van der Waals surface area contributed by atoms with Crippen molar-refractivity contribution in [3.05, 3.63) is 63.4 Å². The first-order valence-corrected chi connectivity index (χ1v) is 11.2. The summed E-state index contributed by atoms with van der Waals surface area (Å²) in [6, 6.07) is 4.70. The Labute approximate surface area is 210 Å². The Morgan fingerprint density at radius 2 is 1.94 bits per heavy atom. The van der Waals surface area contributed by atoms with Crippen LogP contribution < -0.4 is 21.5 Å². The second kappa shape index (κ2) is 9.34. The fraction of sp³-hybridized carbons (Fsp3) is 0.208. The van der Waals surface area contributed by atoms with Gasteiger partial charge in [0.15, 0.2) is 0 Å². The third-order valence-corrected chi connectivity index (χ3v) is 6.00. The molecule has 3 heterocycles. The zero-order chi connectivity index (χ0) is 26.3. The number of hydrogen-bond donors (Lipinski definition) is 3. The van der Waals surface area contributed by atoms with Gasteiger partial charge in [-0.25, -0.2) is 9.97 Å². The second-order valence-electron chi connectivity index (χ2n) is 8.55. The van der Waals surface area contributed by atoms with E-state index in [-0.39, 0.29) is 39.5 Å². The van der Waals surface area contributed by atoms with Crippen LogP contribution in [-0.2, 0) is 18.4 Å². The van der Waals surface area contributed by atoms with Crippen molar-refractivity contribution < 1.29 is 14.7 Å². The van der Waals surface area contributed by atoms with E-state index in [0.717, 1.165) is 0 Å². The number of aromatic hydroxyl groups is 1. The molecule has 36 heavy (non-hydrogen) atoms. The van der Waals surface area contributed by atoms with Gasteiger partial charge in [-0.15, -0.1) is 0 Å². The standard InChI is InChI=1S/C24H24ClN7O4/c1-12-5-13(6-14(21(12)34)22(26)35)15-9-32(23-20(15)24(36)31(4)11-28-23)10-19(33)29-17-7-18(30(2)3)27-8-16(17)25/h5-9,11,34H,10H2,1-4H3,(H2,26,35)(H,27,29,33). The Bertz CT molecular complexity index is 1590. The number of nitrogens with two attached hydrogens (primary N) is 1. The van der Waals surface area contributed by atoms with Gasteiger partial charge in [0.1, 0.15) is 23.8 Å². The van der Waals surface area contributed by atoms with Gasteiger partial charge in [-0.1, -0.05) is 11.6 Å². The van der Waals surface area contributed by atoms with Crippen LogP contribution in [0.3, 0.4) is 0 Å². The van der Waals surface area contributed by atoms with Crippen molar-refractivity contribution in [1.82, 2.24) is 19.1 Å². The maximum Gasteiger partial charge on any atom is 0.263 e. The van der Waals surface area contributed by atoms with Gasteiger partial charge in [-0.3, -0.25) is 14.4 Å². The fourth-order valence-corrected chi connectivity index (χ4v) is 3.99. The molecule has 0 radical (unpaired) electrons. The molecule has 0 atom stereocenters. The number of primary amides is 1. The van der Waals surface area contributed by atoms with Crippen molar-refractivity contribution in [2.45, 2.75) is 13.5 Å². The highest BCUT2D eigenvalue weighted by Crippen LogP contribution is 2.33. The molecule has 0 aliphatic carbocycles. The highest BCUT2D eigenvalue weighted by atomic mass is 35.5. The molecule has 0 bridgehead atoms. The summed E-state index contributed by atoms with van der Waals surface area (Å²) in [7, 11) is 5.19. The molecule has 0 spiro atoms. The van der Waals surface area contributed by atoms with E-state index in [2.05, 4.69) is 15.3 Å². The van der Waals surface area contributed by atoms with Gasteiger partial charge in [0.05, 0.1) is 34.2 Å². The number of anilines is 2. The summed E-state index contributed by atoms with van der Waals surface area (Å²) in [6.45, 7) is 1.45. The predicted molar refractivity (Wildman–Crippen MR) is 138 cm³/mol. The van der Waals surface area contributed by atoms with Crippen LogP contribution in [0.2, 0.25) is 5.02 Å². The number of nitrogens with one attached hydrogen (secondary N) is 1. The summed E-state index contributed by atoms with van der Waals surface area (Å²) in [4.78, 5) is 48.2. The molecule has 11 nitrogen and oxygen atoms in total. The molecular weight excluding hydrogens is 486 g/mol. The van der Waals surface area contributed by atoms with E-state index in [1.807, 2.05) is 14.1 Å². The number of carbonyl (C=O) groups excluding carboxylic acids is 2. The van der Waals surface area contributed by atoms with Crippen LogP contribution in [0, 0.1) is 6.92 Å². The van der Waals surface area contributed by atoms with E-state index in [1.165, 1.54) is 27.7 Å². The number of aryl methyl sites for hydroxylation is 2. The molecule has 0 saturated carbocycles. The Balaban J connectivity index is 1.79. The summed E-state index contributed by atoms with van der Waals surface area (Å²) in [5.41, 5.74) is 7.01. The molecule has 3 aromatic heterocycles. The molecule has 0 aliphatic heterocycles. The highest BCUT2D eigenvalue weighted by Gasteiger charge is 2.21. The number of hydrogen-bond acceptors (Lipinski definition) is 7. The minimum Gasteiger partial charge on any atom is -0.507 e. The molecule has 1 aromatic carbocycles. The number of carbonyl (C=O) groups is 2. The molecule has 0 aliphatic rings. The largest absolute Gasteiger partial charge is 0.507 e. The molecule has 0 fully saturated rings. The van der Waals surface area contributed by atoms with Crippen molar-refractivity contribution >= 4 is 46.0 Å². The number of fused-ring (bicyclic) bond motifs is 1. The highest BCUT2D eigenvalue weighted by molar-refractivity contribution is 6.33. The number of aromatic nitrogens is 4. The van der Waals surface area contributed by atoms with Crippen LogP contribution in [0.4, 0.5) is 11.5 Å². The van der Waals surface area contributed by atoms with E-state index in [4.69, 9.17) is 17.3 Å². The monoisotopic (exact) mass is 509 g/mol. The van der Waals surface area contributed by atoms with E-state index in [9.17, 15) is 19.5 Å². The topological polar surface area (TPSA) is 148 Å². The number of amides is 2. The van der Waals surface area contributed by atoms with Crippen LogP contribution in [0.15, 0.2) is 41.7 Å². The lowest BCUT2D eigenvalue weighted by molar-refractivity contribution is -0.116. The van der Waals surface area contributed by atoms with Crippen molar-refractivity contribution in [3.8, 4) is 16.9 Å². The third kappa shape index (κ3) is 4.48. The van der Waals surface area contributed by atoms with Gasteiger partial charge in [-0.2, -0.15) is 0 Å². The molecule has 12 heteroatoms. The Hall–Kier alpha value is -4.38. The summed E-state index contributed by atoms with van der Waals surface area (Å²) < 4.78 is 2.85. The smallest absolute Gasteiger partial charge is 0.263 e. The average molecular weight is 510 g/mol. The maximum atomic E-state index is 13.1. The Kier molecular flexibility index (Phi) is 6.42. The van der Waals surface area contributed by atoms with Gasteiger partial charge < -0.3 is 30.2 Å². The van der Waals surface area contributed by atoms with Crippen molar-refractivity contribution in [2.24, 2.45) is 12.8 Å². The zero-order valence-electron chi connectivity index (χ0n) is 20.0. The quantitative estimate of drug-likeness (QED) is 0.361. The predicted octanol–water partition coefficient (Wildman–Crippen LogP) is 2.27. The SMILES string of the molecule is Cc1cc(-c2cn(CC(=O)Nc3cc(N(C)C)ncc3Cl)c3ncn(C)c(=O)c23)cc(C(N)=O)c1O. The lowest BCUT2D eigenvalue weighted by Crippen LogP contribution is -2.21. The van der Waals surface area contributed by atoms with Crippen molar-refractivity contribution in [2.75, 3.05) is 24.3 Å². The first kappa shape index (κ1) is 24.7. The molecule has 4 rings (SSSR count). The molecule has 4 aromatic rings. The molecule has 4 N–H and O–H groups in total. The average Bonchev–Trinajstić information content (AvgIpc) is 3.17. The summed E-state index contributed by atoms with van der Waals surface area (Å²) in [5, 5.41) is 13.5. The van der Waals surface area contributed by atoms with Crippen LogP contribution in [0.25, 0.3) is 22.2 Å². The minimum atomic E-state index is -0.807. The number of halogens is 1. The van der Waals surface area contributed by atoms with Crippen LogP contribution in [0.1, 0.15) is 15.9 Å². The number of phenols is 1. The van der Waals surface area contributed by atoms with Crippen LogP contribution in [0.5, 0.6) is 5.75 Å². The number of rotatable bonds is 6. The normalized spacial score (nSPS) is 11.0. The summed E-state index contributed by atoms with van der Waals surface area (Å²) in [5.74, 6) is -0.829. The zero-order valence-corrected chi connectivity index (χ0v) is 20.8. The molecule has 186 valence electrons. The van der Waals surface area contributed by atoms with E-state index in [0.29, 0.717) is 28.2 Å². The maximum absolute atomic E-state index is 13.1. The summed E-state index contributed by atoms with van der Waals surface area (Å²) >= 11 is 6.22. The lowest BCUT2D eigenvalue weighted by Gasteiger charge is -2.14. The third-order valence-electron chi connectivity index (χ3n) is 5.70. The van der Waals surface area contributed by atoms with Gasteiger partial charge >= 0.3 is 0 Å². The van der Waals surface area contributed by atoms with Gasteiger partial charge in [0.25, 0.3) is 11.5 Å². The number of nitrogens with zero attached hydrogens (tertiary/aromatic N) is 5. The van der Waals surface area contributed by atoms with Crippen LogP contribution in [-0.4, -0.2) is 50.1 Å². The first-order chi connectivity index (χ1) is 17.0. The Morgan fingerprint density at radius 1 is 1.22 bits per heavy atom. The first-order valence-electron chi connectivity index (χ1n) is 10.8. The van der Waals surface area contributed by atoms with E-state index >= 15 is 0 Å². The number of pyridine rings is 1. The van der Waals surface area contributed by atoms with Gasteiger partial charge in [0, 0.05) is 39.0 Å². The van der Waals surface area contributed by atoms with E-state index < -0.39 is 11.8 Å². The van der Waals surface area contributed by atoms with Gasteiger partial charge in [-0.05, 0) is 30.2 Å².